The molecule has 1 atom stereocenters. The van der Waals surface area contributed by atoms with Crippen molar-refractivity contribution >= 4 is 28.4 Å². The number of fused-ring (bicyclic) bond motifs is 2. The van der Waals surface area contributed by atoms with Crippen LogP contribution >= 0.6 is 0 Å². The number of aryl methyl sites for hydroxylation is 1. The monoisotopic (exact) mass is 444 g/mol. The molecule has 33 heavy (non-hydrogen) atoms. The van der Waals surface area contributed by atoms with Crippen LogP contribution in [0, 0.1) is 5.82 Å². The zero-order valence-electron chi connectivity index (χ0n) is 17.6. The van der Waals surface area contributed by atoms with E-state index in [2.05, 4.69) is 21.9 Å². The van der Waals surface area contributed by atoms with Gasteiger partial charge in [0.1, 0.15) is 29.4 Å². The topological polar surface area (TPSA) is 119 Å². The highest BCUT2D eigenvalue weighted by Crippen LogP contribution is 2.41. The van der Waals surface area contributed by atoms with Crippen LogP contribution in [0.3, 0.4) is 0 Å². The van der Waals surface area contributed by atoms with E-state index in [4.69, 9.17) is 10.8 Å². The summed E-state index contributed by atoms with van der Waals surface area (Å²) in [6, 6.07) is 9.26. The quantitative estimate of drug-likeness (QED) is 0.410. The number of halogens is 1. The Morgan fingerprint density at radius 1 is 1.30 bits per heavy atom. The molecule has 166 valence electrons. The van der Waals surface area contributed by atoms with Gasteiger partial charge in [-0.15, -0.1) is 0 Å². The molecule has 1 aliphatic rings. The van der Waals surface area contributed by atoms with Gasteiger partial charge in [-0.1, -0.05) is 18.7 Å². The van der Waals surface area contributed by atoms with Gasteiger partial charge in [0.15, 0.2) is 5.65 Å². The van der Waals surface area contributed by atoms with E-state index < -0.39 is 5.82 Å². The molecule has 1 aliphatic carbocycles. The summed E-state index contributed by atoms with van der Waals surface area (Å²) < 4.78 is 15.8. The molecule has 1 unspecified atom stereocenters. The predicted octanol–water partition coefficient (Wildman–Crippen LogP) is 3.97. The summed E-state index contributed by atoms with van der Waals surface area (Å²) in [5.74, 6) is -0.920. The second kappa shape index (κ2) is 8.01. The predicted molar refractivity (Wildman–Crippen MR) is 123 cm³/mol. The molecule has 2 heterocycles. The molecule has 0 aliphatic heterocycles. The smallest absolute Gasteiger partial charge is 0.247 e. The van der Waals surface area contributed by atoms with Crippen molar-refractivity contribution in [1.29, 1.82) is 0 Å². The molecular formula is C24H21FN6O2. The molecule has 8 nitrogen and oxygen atoms in total. The Balaban J connectivity index is 1.74. The number of amides is 1. The molecule has 5 rings (SSSR count). The van der Waals surface area contributed by atoms with Crippen molar-refractivity contribution < 1.29 is 14.3 Å². The van der Waals surface area contributed by atoms with Gasteiger partial charge >= 0.3 is 0 Å². The fraction of sp³-hybridized carbons (Fsp3) is 0.167. The summed E-state index contributed by atoms with van der Waals surface area (Å²) in [7, 11) is 0. The fourth-order valence-electron chi connectivity index (χ4n) is 4.52. The van der Waals surface area contributed by atoms with Gasteiger partial charge in [-0.2, -0.15) is 5.10 Å². The van der Waals surface area contributed by atoms with E-state index in [1.807, 2.05) is 18.2 Å². The Morgan fingerprint density at radius 2 is 2.15 bits per heavy atom. The lowest BCUT2D eigenvalue weighted by Gasteiger charge is -2.28. The standard InChI is InChI=1S/C24H21FN6O2/c1-2-19(33)29-17-7-3-5-13-6-4-8-18(20(13)17)31-24-21(23(26)27-12-28-24)22(30-31)14-9-15(25)11-16(32)10-14/h2-3,5,7,9-12,18,32H,1,4,6,8H2,(H,29,33)(H2,26,27,28). The van der Waals surface area contributed by atoms with Crippen LogP contribution in [0.1, 0.15) is 30.0 Å². The third-order valence-electron chi connectivity index (χ3n) is 5.87. The van der Waals surface area contributed by atoms with E-state index in [1.165, 1.54) is 24.5 Å². The Morgan fingerprint density at radius 3 is 2.94 bits per heavy atom. The third kappa shape index (κ3) is 3.57. The first-order valence-corrected chi connectivity index (χ1v) is 10.5. The maximum atomic E-state index is 14.1. The molecule has 0 fully saturated rings. The number of carbonyl (C=O) groups excluding carboxylic acids is 1. The summed E-state index contributed by atoms with van der Waals surface area (Å²) in [6.07, 6.45) is 5.11. The molecule has 4 N–H and O–H groups in total. The van der Waals surface area contributed by atoms with E-state index in [0.717, 1.165) is 36.5 Å². The number of aromatic hydroxyl groups is 1. The summed E-state index contributed by atoms with van der Waals surface area (Å²) in [5.41, 5.74) is 10.1. The van der Waals surface area contributed by atoms with E-state index in [0.29, 0.717) is 28.0 Å². The number of benzene rings is 2. The first-order valence-electron chi connectivity index (χ1n) is 10.5. The molecule has 2 aromatic heterocycles. The Hall–Kier alpha value is -4.27. The lowest BCUT2D eigenvalue weighted by atomic mass is 9.86. The zero-order valence-corrected chi connectivity index (χ0v) is 17.6. The number of nitrogens with two attached hydrogens (primary N) is 1. The van der Waals surface area contributed by atoms with Crippen molar-refractivity contribution in [2.45, 2.75) is 25.3 Å². The van der Waals surface area contributed by atoms with E-state index in [1.54, 1.807) is 4.68 Å². The number of hydrogen-bond acceptors (Lipinski definition) is 6. The Bertz CT molecular complexity index is 1390. The number of nitrogens with one attached hydrogen (secondary N) is 1. The van der Waals surface area contributed by atoms with Crippen LogP contribution in [0.2, 0.25) is 0 Å². The lowest BCUT2D eigenvalue weighted by Crippen LogP contribution is -2.22. The highest BCUT2D eigenvalue weighted by Gasteiger charge is 2.29. The highest BCUT2D eigenvalue weighted by molar-refractivity contribution is 6.00. The highest BCUT2D eigenvalue weighted by atomic mass is 19.1. The molecule has 9 heteroatoms. The zero-order chi connectivity index (χ0) is 23.1. The normalized spacial score (nSPS) is 15.2. The SMILES string of the molecule is C=CC(=O)Nc1cccc2c1C(n1nc(-c3cc(O)cc(F)c3)c3c(N)ncnc31)CCC2. The van der Waals surface area contributed by atoms with Crippen molar-refractivity contribution in [2.24, 2.45) is 0 Å². The van der Waals surface area contributed by atoms with Gasteiger partial charge < -0.3 is 16.2 Å². The summed E-state index contributed by atoms with van der Waals surface area (Å²) in [6.45, 7) is 3.54. The maximum Gasteiger partial charge on any atom is 0.247 e. The number of carbonyl (C=O) groups is 1. The van der Waals surface area contributed by atoms with Crippen LogP contribution in [-0.2, 0) is 11.2 Å². The molecular weight excluding hydrogens is 423 g/mol. The van der Waals surface area contributed by atoms with Crippen LogP contribution in [0.15, 0.2) is 55.4 Å². The summed E-state index contributed by atoms with van der Waals surface area (Å²) in [4.78, 5) is 20.6. The molecule has 0 spiro atoms. The summed E-state index contributed by atoms with van der Waals surface area (Å²) >= 11 is 0. The van der Waals surface area contributed by atoms with Gasteiger partial charge in [0, 0.05) is 22.9 Å². The molecule has 0 saturated carbocycles. The average molecular weight is 444 g/mol. The van der Waals surface area contributed by atoms with Crippen LogP contribution in [0.25, 0.3) is 22.3 Å². The van der Waals surface area contributed by atoms with Gasteiger partial charge in [-0.05, 0) is 49.1 Å². The van der Waals surface area contributed by atoms with Crippen molar-refractivity contribution in [3.05, 3.63) is 72.3 Å². The average Bonchev–Trinajstić information content (AvgIpc) is 3.19. The minimum Gasteiger partial charge on any atom is -0.508 e. The maximum absolute atomic E-state index is 14.1. The number of rotatable bonds is 4. The van der Waals surface area contributed by atoms with E-state index in [-0.39, 0.29) is 23.5 Å². The van der Waals surface area contributed by atoms with Crippen molar-refractivity contribution in [2.75, 3.05) is 11.1 Å². The van der Waals surface area contributed by atoms with Gasteiger partial charge in [0.2, 0.25) is 5.91 Å². The number of hydrogen-bond donors (Lipinski definition) is 3. The lowest BCUT2D eigenvalue weighted by molar-refractivity contribution is -0.111. The molecule has 0 saturated heterocycles. The first-order chi connectivity index (χ1) is 16.0. The third-order valence-corrected chi connectivity index (χ3v) is 5.87. The minimum absolute atomic E-state index is 0.203. The summed E-state index contributed by atoms with van der Waals surface area (Å²) in [5, 5.41) is 18.1. The Labute approximate surface area is 188 Å². The second-order valence-corrected chi connectivity index (χ2v) is 7.93. The van der Waals surface area contributed by atoms with Crippen molar-refractivity contribution in [3.8, 4) is 17.0 Å². The van der Waals surface area contributed by atoms with Crippen LogP contribution in [-0.4, -0.2) is 30.8 Å². The number of nitrogen functional groups attached to an aromatic ring is 1. The van der Waals surface area contributed by atoms with Gasteiger partial charge in [-0.25, -0.2) is 19.0 Å². The first kappa shape index (κ1) is 20.6. The van der Waals surface area contributed by atoms with Gasteiger partial charge in [0.25, 0.3) is 0 Å². The molecule has 4 aromatic rings. The van der Waals surface area contributed by atoms with E-state index >= 15 is 0 Å². The molecule has 0 bridgehead atoms. The van der Waals surface area contributed by atoms with Gasteiger partial charge in [0.05, 0.1) is 11.4 Å². The number of aromatic nitrogens is 4. The number of phenolic OH excluding ortho intramolecular Hbond substituents is 1. The van der Waals surface area contributed by atoms with E-state index in [9.17, 15) is 14.3 Å². The fourth-order valence-corrected chi connectivity index (χ4v) is 4.52. The number of nitrogens with zero attached hydrogens (tertiary/aromatic N) is 4. The molecule has 2 aromatic carbocycles. The van der Waals surface area contributed by atoms with Crippen molar-refractivity contribution in [1.82, 2.24) is 19.7 Å². The van der Waals surface area contributed by atoms with Gasteiger partial charge in [-0.3, -0.25) is 4.79 Å². The number of anilines is 2. The second-order valence-electron chi connectivity index (χ2n) is 7.93. The number of phenols is 1. The molecule has 1 amide bonds. The molecule has 0 radical (unpaired) electrons. The van der Waals surface area contributed by atoms with Crippen LogP contribution in [0.4, 0.5) is 15.9 Å². The largest absolute Gasteiger partial charge is 0.508 e. The van der Waals surface area contributed by atoms with Crippen LogP contribution in [0.5, 0.6) is 5.75 Å². The Kier molecular flexibility index (Phi) is 5.01. The minimum atomic E-state index is -0.597. The van der Waals surface area contributed by atoms with Crippen LogP contribution < -0.4 is 11.1 Å². The van der Waals surface area contributed by atoms with Crippen molar-refractivity contribution in [3.63, 3.8) is 0 Å².